The molecule has 0 bridgehead atoms. The summed E-state index contributed by atoms with van der Waals surface area (Å²) < 4.78 is 33.8. The highest BCUT2D eigenvalue weighted by molar-refractivity contribution is 7.90. The van der Waals surface area contributed by atoms with Crippen molar-refractivity contribution in [1.29, 1.82) is 0 Å². The number of hydrogen-bond acceptors (Lipinski definition) is 5. The van der Waals surface area contributed by atoms with E-state index >= 15 is 0 Å². The van der Waals surface area contributed by atoms with Crippen LogP contribution in [0.2, 0.25) is 0 Å². The van der Waals surface area contributed by atoms with E-state index in [1.54, 1.807) is 7.11 Å². The normalized spacial score (nSPS) is 11.0. The molecule has 0 aliphatic rings. The Labute approximate surface area is 147 Å². The number of amides is 1. The molecule has 2 aromatic rings. The maximum Gasteiger partial charge on any atom is 0.251 e. The second-order valence-electron chi connectivity index (χ2n) is 5.49. The van der Waals surface area contributed by atoms with Crippen LogP contribution in [-0.4, -0.2) is 41.3 Å². The van der Waals surface area contributed by atoms with Crippen LogP contribution in [0.5, 0.6) is 11.5 Å². The number of ether oxygens (including phenoxy) is 2. The summed E-state index contributed by atoms with van der Waals surface area (Å²) in [7, 11) is -0.495. The predicted octanol–water partition coefficient (Wildman–Crippen LogP) is 2.08. The molecule has 0 saturated heterocycles. The number of hydrogen-bond donors (Lipinski definition) is 1. The molecule has 0 aliphatic carbocycles. The smallest absolute Gasteiger partial charge is 0.251 e. The largest absolute Gasteiger partial charge is 0.497 e. The molecule has 0 fully saturated rings. The molecule has 0 aromatic heterocycles. The first kappa shape index (κ1) is 18.8. The van der Waals surface area contributed by atoms with E-state index in [0.717, 1.165) is 17.6 Å². The van der Waals surface area contributed by atoms with Crippen molar-refractivity contribution in [3.63, 3.8) is 0 Å². The van der Waals surface area contributed by atoms with E-state index in [1.807, 2.05) is 24.3 Å². The molecular weight excluding hydrogens is 342 g/mol. The molecular formula is C18H21NO5S. The van der Waals surface area contributed by atoms with E-state index in [2.05, 4.69) is 5.32 Å². The van der Waals surface area contributed by atoms with Crippen LogP contribution in [0.4, 0.5) is 0 Å². The Kier molecular flexibility index (Phi) is 6.03. The second-order valence-corrected chi connectivity index (χ2v) is 7.48. The molecule has 2 aromatic carbocycles. The van der Waals surface area contributed by atoms with Gasteiger partial charge in [0.05, 0.1) is 14.2 Å². The van der Waals surface area contributed by atoms with E-state index in [1.165, 1.54) is 25.3 Å². The number of carbonyl (C=O) groups excluding carboxylic acids is 1. The van der Waals surface area contributed by atoms with Crippen LogP contribution in [0.3, 0.4) is 0 Å². The summed E-state index contributed by atoms with van der Waals surface area (Å²) in [4.78, 5) is 12.2. The summed E-state index contributed by atoms with van der Waals surface area (Å²) in [6.45, 7) is 0.436. The van der Waals surface area contributed by atoms with Crippen LogP contribution in [0.1, 0.15) is 15.9 Å². The Bertz CT molecular complexity index is 844. The zero-order chi connectivity index (χ0) is 18.4. The summed E-state index contributed by atoms with van der Waals surface area (Å²) in [5, 5.41) is 2.79. The van der Waals surface area contributed by atoms with Crippen molar-refractivity contribution >= 4 is 15.7 Å². The predicted molar refractivity (Wildman–Crippen MR) is 95.1 cm³/mol. The molecule has 6 nitrogen and oxygen atoms in total. The fraction of sp³-hybridized carbons (Fsp3) is 0.278. The van der Waals surface area contributed by atoms with Gasteiger partial charge in [-0.1, -0.05) is 12.1 Å². The van der Waals surface area contributed by atoms with E-state index in [0.29, 0.717) is 13.0 Å². The minimum absolute atomic E-state index is 0.00203. The van der Waals surface area contributed by atoms with Gasteiger partial charge in [-0.3, -0.25) is 4.79 Å². The van der Waals surface area contributed by atoms with Crippen molar-refractivity contribution in [2.24, 2.45) is 0 Å². The van der Waals surface area contributed by atoms with Gasteiger partial charge in [-0.15, -0.1) is 0 Å². The number of benzene rings is 2. The Morgan fingerprint density at radius 2 is 1.72 bits per heavy atom. The highest BCUT2D eigenvalue weighted by atomic mass is 32.2. The number of methoxy groups -OCH3 is 2. The van der Waals surface area contributed by atoms with Crippen LogP contribution >= 0.6 is 0 Å². The first-order valence-electron chi connectivity index (χ1n) is 7.64. The summed E-state index contributed by atoms with van der Waals surface area (Å²) >= 11 is 0. The molecule has 1 amide bonds. The molecule has 0 aliphatic heterocycles. The lowest BCUT2D eigenvalue weighted by atomic mass is 10.1. The molecule has 134 valence electrons. The maximum atomic E-state index is 12.2. The Hall–Kier alpha value is -2.54. The van der Waals surface area contributed by atoms with E-state index in [4.69, 9.17) is 9.47 Å². The van der Waals surface area contributed by atoms with Crippen molar-refractivity contribution in [3.8, 4) is 11.5 Å². The molecule has 1 N–H and O–H groups in total. The molecule has 7 heteroatoms. The number of nitrogens with one attached hydrogen (secondary N) is 1. The van der Waals surface area contributed by atoms with Crippen LogP contribution in [0.15, 0.2) is 47.4 Å². The standard InChI is InChI=1S/C18H21NO5S/c1-23-15-7-4-13(5-8-15)10-11-19-18(20)14-6-9-16(24-2)17(12-14)25(3,21)22/h4-9,12H,10-11H2,1-3H3,(H,19,20). The summed E-state index contributed by atoms with van der Waals surface area (Å²) in [6, 6.07) is 11.9. The van der Waals surface area contributed by atoms with E-state index in [9.17, 15) is 13.2 Å². The van der Waals surface area contributed by atoms with Crippen molar-refractivity contribution in [1.82, 2.24) is 5.32 Å². The van der Waals surface area contributed by atoms with E-state index < -0.39 is 9.84 Å². The second kappa shape index (κ2) is 8.02. The third kappa shape index (κ3) is 4.96. The highest BCUT2D eigenvalue weighted by Gasteiger charge is 2.17. The van der Waals surface area contributed by atoms with E-state index in [-0.39, 0.29) is 22.1 Å². The number of rotatable bonds is 7. The number of sulfone groups is 1. The SMILES string of the molecule is COc1ccc(CCNC(=O)c2ccc(OC)c(S(C)(=O)=O)c2)cc1. The van der Waals surface area contributed by atoms with Crippen LogP contribution in [-0.2, 0) is 16.3 Å². The lowest BCUT2D eigenvalue weighted by Crippen LogP contribution is -2.25. The van der Waals surface area contributed by atoms with Gasteiger partial charge < -0.3 is 14.8 Å². The molecule has 0 spiro atoms. The van der Waals surface area contributed by atoms with Crippen LogP contribution in [0.25, 0.3) is 0 Å². The molecule has 0 atom stereocenters. The summed E-state index contributed by atoms with van der Waals surface area (Å²) in [5.41, 5.74) is 1.34. The van der Waals surface area contributed by atoms with Gasteiger partial charge >= 0.3 is 0 Å². The Balaban J connectivity index is 2.03. The third-order valence-corrected chi connectivity index (χ3v) is 4.80. The van der Waals surface area contributed by atoms with Crippen LogP contribution in [0, 0.1) is 0 Å². The van der Waals surface area contributed by atoms with Gasteiger partial charge in [-0.25, -0.2) is 8.42 Å². The average Bonchev–Trinajstić information content (AvgIpc) is 2.61. The fourth-order valence-electron chi connectivity index (χ4n) is 2.32. The van der Waals surface area contributed by atoms with Gasteiger partial charge in [0.2, 0.25) is 0 Å². The molecule has 0 saturated carbocycles. The Morgan fingerprint density at radius 3 is 2.28 bits per heavy atom. The average molecular weight is 363 g/mol. The summed E-state index contributed by atoms with van der Waals surface area (Å²) in [6.07, 6.45) is 1.74. The highest BCUT2D eigenvalue weighted by Crippen LogP contribution is 2.24. The molecule has 0 unspecified atom stereocenters. The fourth-order valence-corrected chi connectivity index (χ4v) is 3.18. The third-order valence-electron chi connectivity index (χ3n) is 3.68. The van der Waals surface area contributed by atoms with Gasteiger partial charge in [0.15, 0.2) is 9.84 Å². The zero-order valence-electron chi connectivity index (χ0n) is 14.4. The first-order chi connectivity index (χ1) is 11.8. The lowest BCUT2D eigenvalue weighted by Gasteiger charge is -2.10. The minimum atomic E-state index is -3.49. The van der Waals surface area contributed by atoms with Gasteiger partial charge in [0.25, 0.3) is 5.91 Å². The van der Waals surface area contributed by atoms with Crippen molar-refractivity contribution in [3.05, 3.63) is 53.6 Å². The minimum Gasteiger partial charge on any atom is -0.497 e. The monoisotopic (exact) mass is 363 g/mol. The van der Waals surface area contributed by atoms with Crippen molar-refractivity contribution < 1.29 is 22.7 Å². The molecule has 0 radical (unpaired) electrons. The topological polar surface area (TPSA) is 81.7 Å². The lowest BCUT2D eigenvalue weighted by molar-refractivity contribution is 0.0954. The van der Waals surface area contributed by atoms with Gasteiger partial charge in [0, 0.05) is 18.4 Å². The quantitative estimate of drug-likeness (QED) is 0.814. The van der Waals surface area contributed by atoms with Gasteiger partial charge in [-0.2, -0.15) is 0 Å². The van der Waals surface area contributed by atoms with Crippen molar-refractivity contribution in [2.75, 3.05) is 27.0 Å². The molecule has 0 heterocycles. The van der Waals surface area contributed by atoms with Gasteiger partial charge in [-0.05, 0) is 42.3 Å². The van der Waals surface area contributed by atoms with Crippen molar-refractivity contribution in [2.45, 2.75) is 11.3 Å². The zero-order valence-corrected chi connectivity index (χ0v) is 15.2. The maximum absolute atomic E-state index is 12.2. The Morgan fingerprint density at radius 1 is 1.04 bits per heavy atom. The first-order valence-corrected chi connectivity index (χ1v) is 9.53. The summed E-state index contributed by atoms with van der Waals surface area (Å²) in [5.74, 6) is 0.665. The molecule has 2 rings (SSSR count). The number of carbonyl (C=O) groups is 1. The molecule has 25 heavy (non-hydrogen) atoms. The van der Waals surface area contributed by atoms with Gasteiger partial charge in [0.1, 0.15) is 16.4 Å². The van der Waals surface area contributed by atoms with Crippen LogP contribution < -0.4 is 14.8 Å².